The van der Waals surface area contributed by atoms with Crippen LogP contribution in [0.15, 0.2) is 0 Å². The van der Waals surface area contributed by atoms with E-state index in [2.05, 4.69) is 10.1 Å². The Morgan fingerprint density at radius 3 is 2.78 bits per heavy atom. The molecule has 106 valence electrons. The van der Waals surface area contributed by atoms with Gasteiger partial charge in [0, 0.05) is 31.7 Å². The lowest BCUT2D eigenvalue weighted by atomic mass is 10.2. The molecule has 1 saturated carbocycles. The van der Waals surface area contributed by atoms with Crippen molar-refractivity contribution in [3.05, 3.63) is 0 Å². The minimum atomic E-state index is -4.53. The van der Waals surface area contributed by atoms with Crippen LogP contribution in [0.25, 0.3) is 0 Å². The summed E-state index contributed by atoms with van der Waals surface area (Å²) < 4.78 is 44.9. The largest absolute Gasteiger partial charge is 0.522 e. The van der Waals surface area contributed by atoms with E-state index in [0.29, 0.717) is 32.3 Å². The van der Waals surface area contributed by atoms with Crippen LogP contribution in [0.4, 0.5) is 13.2 Å². The molecule has 2 fully saturated rings. The van der Waals surface area contributed by atoms with Crippen molar-refractivity contribution in [2.45, 2.75) is 31.3 Å². The lowest BCUT2D eigenvalue weighted by Crippen LogP contribution is -2.51. The van der Waals surface area contributed by atoms with Crippen LogP contribution in [0.2, 0.25) is 0 Å². The van der Waals surface area contributed by atoms with Gasteiger partial charge >= 0.3 is 6.36 Å². The second-order valence-corrected chi connectivity index (χ2v) is 4.74. The molecule has 4 nitrogen and oxygen atoms in total. The third kappa shape index (κ3) is 5.09. The standard InChI is InChI=1S/C11H19F3N2O2/c12-11(13,14)18-6-4-16-3-5-17-8-10(16)7-15-9-1-2-9/h9-10,15H,1-8H2. The topological polar surface area (TPSA) is 33.7 Å². The fraction of sp³-hybridized carbons (Fsp3) is 1.00. The minimum absolute atomic E-state index is 0.149. The van der Waals surface area contributed by atoms with Gasteiger partial charge in [0.1, 0.15) is 0 Å². The first kappa shape index (κ1) is 14.0. The highest BCUT2D eigenvalue weighted by molar-refractivity contribution is 4.85. The van der Waals surface area contributed by atoms with Crippen molar-refractivity contribution in [2.24, 2.45) is 0 Å². The second-order valence-electron chi connectivity index (χ2n) is 4.74. The third-order valence-electron chi connectivity index (χ3n) is 3.21. The molecule has 18 heavy (non-hydrogen) atoms. The molecule has 0 radical (unpaired) electrons. The predicted octanol–water partition coefficient (Wildman–Crippen LogP) is 0.976. The predicted molar refractivity (Wildman–Crippen MR) is 59.2 cm³/mol. The van der Waals surface area contributed by atoms with Crippen LogP contribution in [0.3, 0.4) is 0 Å². The van der Waals surface area contributed by atoms with E-state index in [-0.39, 0.29) is 12.6 Å². The van der Waals surface area contributed by atoms with E-state index in [4.69, 9.17) is 4.74 Å². The molecule has 0 aromatic rings. The summed E-state index contributed by atoms with van der Waals surface area (Å²) in [6.07, 6.45) is -2.14. The van der Waals surface area contributed by atoms with Crippen molar-refractivity contribution in [1.82, 2.24) is 10.2 Å². The maximum atomic E-state index is 11.9. The quantitative estimate of drug-likeness (QED) is 0.778. The number of morpholine rings is 1. The summed E-state index contributed by atoms with van der Waals surface area (Å²) in [4.78, 5) is 2.00. The fourth-order valence-electron chi connectivity index (χ4n) is 2.04. The Hall–Kier alpha value is -0.370. The molecule has 2 aliphatic rings. The van der Waals surface area contributed by atoms with E-state index in [1.807, 2.05) is 4.90 Å². The fourth-order valence-corrected chi connectivity index (χ4v) is 2.04. The minimum Gasteiger partial charge on any atom is -0.378 e. The summed E-state index contributed by atoms with van der Waals surface area (Å²) in [5, 5.41) is 3.38. The Balaban J connectivity index is 1.68. The molecule has 0 spiro atoms. The first-order valence-corrected chi connectivity index (χ1v) is 6.30. The number of alkyl halides is 3. The molecule has 0 bridgehead atoms. The van der Waals surface area contributed by atoms with Crippen LogP contribution in [0.1, 0.15) is 12.8 Å². The Morgan fingerprint density at radius 2 is 2.11 bits per heavy atom. The number of rotatable bonds is 6. The number of nitrogens with zero attached hydrogens (tertiary/aromatic N) is 1. The molecule has 2 rings (SSSR count). The highest BCUT2D eigenvalue weighted by Gasteiger charge is 2.31. The molecule has 0 amide bonds. The van der Waals surface area contributed by atoms with Gasteiger partial charge in [-0.05, 0) is 12.8 Å². The van der Waals surface area contributed by atoms with Gasteiger partial charge in [-0.1, -0.05) is 0 Å². The highest BCUT2D eigenvalue weighted by atomic mass is 19.4. The maximum absolute atomic E-state index is 11.9. The van der Waals surface area contributed by atoms with E-state index < -0.39 is 6.36 Å². The number of ether oxygens (including phenoxy) is 2. The summed E-state index contributed by atoms with van der Waals surface area (Å²) >= 11 is 0. The Labute approximate surface area is 104 Å². The lowest BCUT2D eigenvalue weighted by Gasteiger charge is -2.35. The number of hydrogen-bond acceptors (Lipinski definition) is 4. The molecule has 1 unspecified atom stereocenters. The molecule has 1 aliphatic heterocycles. The van der Waals surface area contributed by atoms with E-state index in [9.17, 15) is 13.2 Å². The van der Waals surface area contributed by atoms with E-state index in [1.165, 1.54) is 12.8 Å². The van der Waals surface area contributed by atoms with E-state index in [0.717, 1.165) is 6.54 Å². The van der Waals surface area contributed by atoms with Crippen molar-refractivity contribution in [1.29, 1.82) is 0 Å². The van der Waals surface area contributed by atoms with Gasteiger partial charge in [0.25, 0.3) is 0 Å². The molecular formula is C11H19F3N2O2. The van der Waals surface area contributed by atoms with E-state index >= 15 is 0 Å². The van der Waals surface area contributed by atoms with Crippen molar-refractivity contribution < 1.29 is 22.6 Å². The molecule has 0 aromatic heterocycles. The van der Waals surface area contributed by atoms with Crippen molar-refractivity contribution >= 4 is 0 Å². The number of halogens is 3. The van der Waals surface area contributed by atoms with Gasteiger partial charge in [0.05, 0.1) is 19.8 Å². The van der Waals surface area contributed by atoms with Crippen molar-refractivity contribution in [3.8, 4) is 0 Å². The molecule has 1 heterocycles. The van der Waals surface area contributed by atoms with Crippen LogP contribution in [0, 0.1) is 0 Å². The molecule has 1 aliphatic carbocycles. The monoisotopic (exact) mass is 268 g/mol. The van der Waals surface area contributed by atoms with Crippen molar-refractivity contribution in [3.63, 3.8) is 0 Å². The summed E-state index contributed by atoms with van der Waals surface area (Å²) in [7, 11) is 0. The van der Waals surface area contributed by atoms with Crippen LogP contribution in [-0.4, -0.2) is 62.8 Å². The maximum Gasteiger partial charge on any atom is 0.522 e. The molecule has 0 aromatic carbocycles. The van der Waals surface area contributed by atoms with E-state index in [1.54, 1.807) is 0 Å². The van der Waals surface area contributed by atoms with Gasteiger partial charge in [0.15, 0.2) is 0 Å². The Kier molecular flexibility index (Phi) is 4.83. The summed E-state index contributed by atoms with van der Waals surface area (Å²) in [6, 6.07) is 0.747. The summed E-state index contributed by atoms with van der Waals surface area (Å²) in [6.45, 7) is 2.57. The zero-order valence-electron chi connectivity index (χ0n) is 10.2. The Bertz CT molecular complexity index is 259. The number of nitrogens with one attached hydrogen (secondary N) is 1. The van der Waals surface area contributed by atoms with Gasteiger partial charge < -0.3 is 10.1 Å². The van der Waals surface area contributed by atoms with Gasteiger partial charge in [-0.2, -0.15) is 0 Å². The van der Waals surface area contributed by atoms with Crippen LogP contribution in [0.5, 0.6) is 0 Å². The molecule has 1 N–H and O–H groups in total. The van der Waals surface area contributed by atoms with Gasteiger partial charge in [-0.15, -0.1) is 13.2 Å². The normalized spacial score (nSPS) is 26.5. The SMILES string of the molecule is FC(F)(F)OCCN1CCOCC1CNC1CC1. The summed E-state index contributed by atoms with van der Waals surface area (Å²) in [5.74, 6) is 0. The van der Waals surface area contributed by atoms with Crippen molar-refractivity contribution in [2.75, 3.05) is 39.5 Å². The van der Waals surface area contributed by atoms with Gasteiger partial charge in [0.2, 0.25) is 0 Å². The zero-order valence-corrected chi connectivity index (χ0v) is 10.2. The lowest BCUT2D eigenvalue weighted by molar-refractivity contribution is -0.325. The zero-order chi connectivity index (χ0) is 13.0. The molecule has 1 atom stereocenters. The highest BCUT2D eigenvalue weighted by Crippen LogP contribution is 2.19. The smallest absolute Gasteiger partial charge is 0.378 e. The Morgan fingerprint density at radius 1 is 1.33 bits per heavy atom. The average molecular weight is 268 g/mol. The molecule has 7 heteroatoms. The number of hydrogen-bond donors (Lipinski definition) is 1. The molecular weight excluding hydrogens is 249 g/mol. The van der Waals surface area contributed by atoms with Crippen LogP contribution >= 0.6 is 0 Å². The van der Waals surface area contributed by atoms with Gasteiger partial charge in [-0.25, -0.2) is 0 Å². The first-order chi connectivity index (χ1) is 8.54. The average Bonchev–Trinajstić information content (AvgIpc) is 3.10. The van der Waals surface area contributed by atoms with Crippen LogP contribution < -0.4 is 5.32 Å². The molecule has 1 saturated heterocycles. The second kappa shape index (κ2) is 6.18. The summed E-state index contributed by atoms with van der Waals surface area (Å²) in [5.41, 5.74) is 0. The third-order valence-corrected chi connectivity index (χ3v) is 3.21. The van der Waals surface area contributed by atoms with Crippen LogP contribution in [-0.2, 0) is 9.47 Å². The van der Waals surface area contributed by atoms with Gasteiger partial charge in [-0.3, -0.25) is 9.64 Å². The first-order valence-electron chi connectivity index (χ1n) is 6.30.